The molecule has 0 aliphatic heterocycles. The molecule has 4 rings (SSSR count). The molecule has 4 aromatic rings. The van der Waals surface area contributed by atoms with Crippen molar-refractivity contribution in [3.05, 3.63) is 83.7 Å². The Morgan fingerprint density at radius 1 is 0.920 bits per heavy atom. The Kier molecular flexibility index (Phi) is 3.94. The second-order valence-electron chi connectivity index (χ2n) is 6.10. The minimum Gasteiger partial charge on any atom is -0.497 e. The fraction of sp³-hybridized carbons (Fsp3) is 0.143. The van der Waals surface area contributed by atoms with Gasteiger partial charge in [-0.25, -0.2) is 9.50 Å². The number of rotatable bonds is 4. The second-order valence-corrected chi connectivity index (χ2v) is 6.10. The van der Waals surface area contributed by atoms with Crippen molar-refractivity contribution in [1.82, 2.24) is 14.6 Å². The number of fused-ring (bicyclic) bond motifs is 1. The predicted molar refractivity (Wildman–Crippen MR) is 99.0 cm³/mol. The minimum atomic E-state index is 0.726. The molecule has 0 atom stereocenters. The van der Waals surface area contributed by atoms with Gasteiger partial charge in [-0.05, 0) is 48.9 Å². The Morgan fingerprint density at radius 3 is 2.40 bits per heavy atom. The molecule has 2 aromatic carbocycles. The van der Waals surface area contributed by atoms with Crippen molar-refractivity contribution < 1.29 is 4.74 Å². The van der Waals surface area contributed by atoms with Gasteiger partial charge >= 0.3 is 0 Å². The first-order chi connectivity index (χ1) is 12.2. The van der Waals surface area contributed by atoms with Crippen molar-refractivity contribution in [3.8, 4) is 17.0 Å². The van der Waals surface area contributed by atoms with Gasteiger partial charge in [-0.1, -0.05) is 35.9 Å². The van der Waals surface area contributed by atoms with E-state index in [4.69, 9.17) is 9.84 Å². The summed E-state index contributed by atoms with van der Waals surface area (Å²) in [7, 11) is 1.67. The first-order valence-corrected chi connectivity index (χ1v) is 8.27. The number of benzene rings is 2. The van der Waals surface area contributed by atoms with Crippen molar-refractivity contribution in [3.63, 3.8) is 0 Å². The van der Waals surface area contributed by atoms with Crippen LogP contribution in [0.5, 0.6) is 5.75 Å². The first kappa shape index (κ1) is 15.4. The molecule has 0 N–H and O–H groups in total. The zero-order valence-corrected chi connectivity index (χ0v) is 14.3. The van der Waals surface area contributed by atoms with E-state index in [1.165, 1.54) is 11.1 Å². The summed E-state index contributed by atoms with van der Waals surface area (Å²) >= 11 is 0. The summed E-state index contributed by atoms with van der Waals surface area (Å²) in [6.07, 6.45) is 0.726. The molecule has 0 aliphatic carbocycles. The van der Waals surface area contributed by atoms with E-state index in [1.54, 1.807) is 7.11 Å². The second kappa shape index (κ2) is 6.40. The average Bonchev–Trinajstić information content (AvgIpc) is 3.06. The lowest BCUT2D eigenvalue weighted by Crippen LogP contribution is -1.95. The van der Waals surface area contributed by atoms with Crippen molar-refractivity contribution in [1.29, 1.82) is 0 Å². The number of aromatic nitrogens is 3. The molecule has 4 heteroatoms. The van der Waals surface area contributed by atoms with Gasteiger partial charge in [0.15, 0.2) is 11.5 Å². The SMILES string of the molecule is COc1ccc(-c2cccc3nc(Cc4ccc(C)cc4)nn23)cc1. The number of pyridine rings is 1. The van der Waals surface area contributed by atoms with E-state index in [1.807, 2.05) is 40.9 Å². The number of ether oxygens (including phenoxy) is 1. The van der Waals surface area contributed by atoms with Gasteiger partial charge in [0, 0.05) is 12.0 Å². The van der Waals surface area contributed by atoms with Crippen LogP contribution in [-0.2, 0) is 6.42 Å². The first-order valence-electron chi connectivity index (χ1n) is 8.27. The van der Waals surface area contributed by atoms with Gasteiger partial charge in [-0.2, -0.15) is 5.10 Å². The molecular formula is C21H19N3O. The molecule has 4 nitrogen and oxygen atoms in total. The van der Waals surface area contributed by atoms with E-state index in [0.717, 1.165) is 34.9 Å². The van der Waals surface area contributed by atoms with Crippen molar-refractivity contribution in [2.45, 2.75) is 13.3 Å². The molecule has 2 aromatic heterocycles. The maximum absolute atomic E-state index is 5.24. The maximum Gasteiger partial charge on any atom is 0.156 e. The lowest BCUT2D eigenvalue weighted by Gasteiger charge is -2.05. The standard InChI is InChI=1S/C21H19N3O/c1-15-6-8-16(9-7-15)14-20-22-21-5-3-4-19(24(21)23-20)17-10-12-18(25-2)13-11-17/h3-13H,14H2,1-2H3. The molecule has 0 saturated heterocycles. The number of methoxy groups -OCH3 is 1. The molecule has 0 fully saturated rings. The van der Waals surface area contributed by atoms with E-state index in [9.17, 15) is 0 Å². The summed E-state index contributed by atoms with van der Waals surface area (Å²) < 4.78 is 7.14. The molecule has 0 bridgehead atoms. The molecule has 0 saturated carbocycles. The highest BCUT2D eigenvalue weighted by Crippen LogP contribution is 2.23. The van der Waals surface area contributed by atoms with Crippen LogP contribution >= 0.6 is 0 Å². The fourth-order valence-electron chi connectivity index (χ4n) is 2.89. The van der Waals surface area contributed by atoms with Crippen LogP contribution in [0.15, 0.2) is 66.7 Å². The molecule has 0 spiro atoms. The van der Waals surface area contributed by atoms with Crippen LogP contribution in [0, 0.1) is 6.92 Å². The average molecular weight is 329 g/mol. The number of nitrogens with zero attached hydrogens (tertiary/aromatic N) is 3. The Balaban J connectivity index is 1.71. The van der Waals surface area contributed by atoms with Gasteiger partial charge in [-0.15, -0.1) is 0 Å². The number of hydrogen-bond acceptors (Lipinski definition) is 3. The summed E-state index contributed by atoms with van der Waals surface area (Å²) in [5.41, 5.74) is 5.43. The summed E-state index contributed by atoms with van der Waals surface area (Å²) in [4.78, 5) is 4.68. The largest absolute Gasteiger partial charge is 0.497 e. The summed E-state index contributed by atoms with van der Waals surface area (Å²) in [6, 6.07) is 22.5. The van der Waals surface area contributed by atoms with E-state index < -0.39 is 0 Å². The van der Waals surface area contributed by atoms with Crippen molar-refractivity contribution in [2.75, 3.05) is 7.11 Å². The van der Waals surface area contributed by atoms with Crippen LogP contribution in [-0.4, -0.2) is 21.7 Å². The highest BCUT2D eigenvalue weighted by Gasteiger charge is 2.09. The number of hydrogen-bond donors (Lipinski definition) is 0. The van der Waals surface area contributed by atoms with Crippen LogP contribution < -0.4 is 4.74 Å². The molecular weight excluding hydrogens is 310 g/mol. The van der Waals surface area contributed by atoms with E-state index in [-0.39, 0.29) is 0 Å². The molecule has 0 unspecified atom stereocenters. The third-order valence-electron chi connectivity index (χ3n) is 4.27. The Labute approximate surface area is 146 Å². The topological polar surface area (TPSA) is 39.4 Å². The fourth-order valence-corrected chi connectivity index (χ4v) is 2.89. The predicted octanol–water partition coefficient (Wildman–Crippen LogP) is 4.30. The highest BCUT2D eigenvalue weighted by molar-refractivity contribution is 5.63. The van der Waals surface area contributed by atoms with Crippen molar-refractivity contribution in [2.24, 2.45) is 0 Å². The maximum atomic E-state index is 5.24. The zero-order valence-electron chi connectivity index (χ0n) is 14.3. The van der Waals surface area contributed by atoms with Crippen LogP contribution in [0.4, 0.5) is 0 Å². The third-order valence-corrected chi connectivity index (χ3v) is 4.27. The third kappa shape index (κ3) is 3.11. The summed E-state index contributed by atoms with van der Waals surface area (Å²) in [6.45, 7) is 2.09. The highest BCUT2D eigenvalue weighted by atomic mass is 16.5. The minimum absolute atomic E-state index is 0.726. The molecule has 0 aliphatic rings. The van der Waals surface area contributed by atoms with Gasteiger partial charge < -0.3 is 4.74 Å². The van der Waals surface area contributed by atoms with Crippen LogP contribution in [0.3, 0.4) is 0 Å². The van der Waals surface area contributed by atoms with E-state index >= 15 is 0 Å². The van der Waals surface area contributed by atoms with Gasteiger partial charge in [0.1, 0.15) is 5.75 Å². The van der Waals surface area contributed by atoms with Crippen LogP contribution in [0.25, 0.3) is 16.9 Å². The van der Waals surface area contributed by atoms with Crippen molar-refractivity contribution >= 4 is 5.65 Å². The molecule has 124 valence electrons. The van der Waals surface area contributed by atoms with Gasteiger partial charge in [0.2, 0.25) is 0 Å². The lowest BCUT2D eigenvalue weighted by atomic mass is 10.1. The molecule has 0 amide bonds. The smallest absolute Gasteiger partial charge is 0.156 e. The van der Waals surface area contributed by atoms with Crippen LogP contribution in [0.2, 0.25) is 0 Å². The van der Waals surface area contributed by atoms with E-state index in [2.05, 4.69) is 42.2 Å². The zero-order chi connectivity index (χ0) is 17.2. The van der Waals surface area contributed by atoms with E-state index in [0.29, 0.717) is 0 Å². The summed E-state index contributed by atoms with van der Waals surface area (Å²) in [5.74, 6) is 1.67. The molecule has 2 heterocycles. The van der Waals surface area contributed by atoms with Gasteiger partial charge in [0.05, 0.1) is 12.8 Å². The van der Waals surface area contributed by atoms with Crippen LogP contribution in [0.1, 0.15) is 17.0 Å². The quantitative estimate of drug-likeness (QED) is 0.560. The molecule has 0 radical (unpaired) electrons. The Hall–Kier alpha value is -3.14. The Morgan fingerprint density at radius 2 is 1.68 bits per heavy atom. The van der Waals surface area contributed by atoms with Gasteiger partial charge in [0.25, 0.3) is 0 Å². The van der Waals surface area contributed by atoms with Gasteiger partial charge in [-0.3, -0.25) is 0 Å². The monoisotopic (exact) mass is 329 g/mol. The lowest BCUT2D eigenvalue weighted by molar-refractivity contribution is 0.415. The summed E-state index contributed by atoms with van der Waals surface area (Å²) in [5, 5.41) is 4.72. The normalized spacial score (nSPS) is 11.0. The molecule has 25 heavy (non-hydrogen) atoms. The number of aryl methyl sites for hydroxylation is 1. The Bertz CT molecular complexity index is 1000.